The van der Waals surface area contributed by atoms with Crippen molar-refractivity contribution >= 4 is 56.5 Å². The molecule has 1 saturated heterocycles. The largest absolute Gasteiger partial charge is 0.451 e. The van der Waals surface area contributed by atoms with Gasteiger partial charge in [-0.15, -0.1) is 0 Å². The van der Waals surface area contributed by atoms with Crippen LogP contribution in [0.3, 0.4) is 0 Å². The minimum atomic E-state index is -0.949. The number of hydrogen-bond acceptors (Lipinski definition) is 8. The summed E-state index contributed by atoms with van der Waals surface area (Å²) >= 11 is 0.919. The second-order valence-electron chi connectivity index (χ2n) is 8.91. The number of amides is 3. The Bertz CT molecular complexity index is 1590. The van der Waals surface area contributed by atoms with E-state index in [0.29, 0.717) is 22.2 Å². The van der Waals surface area contributed by atoms with Gasteiger partial charge in [0.05, 0.1) is 16.3 Å². The Labute approximate surface area is 216 Å². The van der Waals surface area contributed by atoms with Gasteiger partial charge in [-0.05, 0) is 30.2 Å². The first-order valence-electron chi connectivity index (χ1n) is 11.6. The van der Waals surface area contributed by atoms with Gasteiger partial charge in [0.2, 0.25) is 5.91 Å². The number of ether oxygens (including phenoxy) is 1. The number of furan rings is 1. The number of aromatic nitrogens is 1. The summed E-state index contributed by atoms with van der Waals surface area (Å²) < 4.78 is 12.1. The van der Waals surface area contributed by atoms with Gasteiger partial charge in [-0.1, -0.05) is 55.9 Å². The van der Waals surface area contributed by atoms with E-state index in [9.17, 15) is 19.6 Å². The van der Waals surface area contributed by atoms with E-state index in [4.69, 9.17) is 9.15 Å². The summed E-state index contributed by atoms with van der Waals surface area (Å²) in [7, 11) is 0. The highest BCUT2D eigenvalue weighted by Crippen LogP contribution is 2.37. The lowest BCUT2D eigenvalue weighted by Gasteiger charge is -2.21. The molecule has 1 aliphatic rings. The van der Waals surface area contributed by atoms with Gasteiger partial charge in [0.1, 0.15) is 17.5 Å². The van der Waals surface area contributed by atoms with E-state index in [1.807, 2.05) is 38.1 Å². The van der Waals surface area contributed by atoms with Gasteiger partial charge < -0.3 is 14.5 Å². The fraction of sp³-hybridized carbons (Fsp3) is 0.222. The number of imide groups is 1. The quantitative estimate of drug-likeness (QED) is 0.360. The molecule has 3 heterocycles. The molecule has 5 rings (SSSR count). The monoisotopic (exact) mass is 514 g/mol. The number of rotatable bonds is 7. The van der Waals surface area contributed by atoms with Crippen LogP contribution in [0, 0.1) is 17.2 Å². The van der Waals surface area contributed by atoms with E-state index >= 15 is 0 Å². The summed E-state index contributed by atoms with van der Waals surface area (Å²) in [5.74, 6) is -0.644. The Morgan fingerprint density at radius 3 is 2.73 bits per heavy atom. The first-order valence-corrected chi connectivity index (χ1v) is 12.5. The Morgan fingerprint density at radius 2 is 2.00 bits per heavy atom. The second kappa shape index (κ2) is 9.95. The predicted molar refractivity (Wildman–Crippen MR) is 139 cm³/mol. The van der Waals surface area contributed by atoms with E-state index in [1.54, 1.807) is 30.3 Å². The third-order valence-electron chi connectivity index (χ3n) is 6.01. The van der Waals surface area contributed by atoms with Crippen LogP contribution in [0.2, 0.25) is 0 Å². The lowest BCUT2D eigenvalue weighted by atomic mass is 10.1. The zero-order valence-electron chi connectivity index (χ0n) is 20.0. The number of hydrogen-bond donors (Lipinski definition) is 2. The molecule has 0 saturated carbocycles. The Kier molecular flexibility index (Phi) is 6.54. The zero-order chi connectivity index (χ0) is 26.1. The van der Waals surface area contributed by atoms with Crippen LogP contribution in [0.4, 0.5) is 10.6 Å². The van der Waals surface area contributed by atoms with Crippen LogP contribution in [0.5, 0.6) is 5.95 Å². The van der Waals surface area contributed by atoms with Crippen LogP contribution in [-0.2, 0) is 16.0 Å². The molecule has 9 nitrogen and oxygen atoms in total. The molecule has 4 aromatic rings. The highest BCUT2D eigenvalue weighted by molar-refractivity contribution is 8.15. The molecule has 0 spiro atoms. The fourth-order valence-electron chi connectivity index (χ4n) is 4.19. The van der Waals surface area contributed by atoms with Crippen molar-refractivity contribution in [2.24, 2.45) is 5.92 Å². The molecule has 2 aromatic heterocycles. The summed E-state index contributed by atoms with van der Waals surface area (Å²) in [5.41, 5.74) is 2.06. The number of thioether (sulfide) groups is 1. The molecule has 2 unspecified atom stereocenters. The normalized spacial score (nSPS) is 16.1. The average Bonchev–Trinajstić information content (AvgIpc) is 3.39. The molecule has 186 valence electrons. The van der Waals surface area contributed by atoms with E-state index < -0.39 is 22.5 Å². The van der Waals surface area contributed by atoms with Gasteiger partial charge >= 0.3 is 0 Å². The van der Waals surface area contributed by atoms with Crippen molar-refractivity contribution in [3.8, 4) is 12.0 Å². The number of benzene rings is 2. The number of carbonyl (C=O) groups is 3. The van der Waals surface area contributed by atoms with Gasteiger partial charge in [0.25, 0.3) is 17.1 Å². The molecule has 3 amide bonds. The third kappa shape index (κ3) is 4.86. The van der Waals surface area contributed by atoms with E-state index in [2.05, 4.69) is 21.7 Å². The maximum absolute atomic E-state index is 13.3. The zero-order valence-corrected chi connectivity index (χ0v) is 20.8. The minimum absolute atomic E-state index is 0.126. The highest BCUT2D eigenvalue weighted by Gasteiger charge is 2.35. The van der Waals surface area contributed by atoms with E-state index in [1.165, 1.54) is 0 Å². The second-order valence-corrected chi connectivity index (χ2v) is 10.1. The van der Waals surface area contributed by atoms with Crippen molar-refractivity contribution < 1.29 is 23.5 Å². The summed E-state index contributed by atoms with van der Waals surface area (Å²) in [6.07, 6.45) is -0.751. The van der Waals surface area contributed by atoms with Crippen molar-refractivity contribution in [1.29, 1.82) is 5.26 Å². The minimum Gasteiger partial charge on any atom is -0.451 e. The standard InChI is InChI=1S/C27H22N4O5S/c1-14(2)23(25(33)30-21-11-10-15-6-5-7-16(13-28)22(15)29-21)36-26-18(12-20-24(32)31-27(34)37-20)17-8-3-4-9-19(17)35-26/h3-11,14,20,23H,12H2,1-2H3,(H,29,30,33)(H,31,32,34). The molecule has 1 aliphatic heterocycles. The molecule has 2 atom stereocenters. The summed E-state index contributed by atoms with van der Waals surface area (Å²) in [6.45, 7) is 3.68. The van der Waals surface area contributed by atoms with Crippen LogP contribution >= 0.6 is 11.8 Å². The van der Waals surface area contributed by atoms with Crippen molar-refractivity contribution in [2.75, 3.05) is 5.32 Å². The Balaban J connectivity index is 1.43. The van der Waals surface area contributed by atoms with Gasteiger partial charge in [0.15, 0.2) is 6.10 Å². The summed E-state index contributed by atoms with van der Waals surface area (Å²) in [4.78, 5) is 41.7. The van der Waals surface area contributed by atoms with Crippen LogP contribution in [0.15, 0.2) is 59.0 Å². The third-order valence-corrected chi connectivity index (χ3v) is 6.99. The molecule has 37 heavy (non-hydrogen) atoms. The van der Waals surface area contributed by atoms with Crippen molar-refractivity contribution in [2.45, 2.75) is 31.6 Å². The average molecular weight is 515 g/mol. The summed E-state index contributed by atoms with van der Waals surface area (Å²) in [6, 6.07) is 18.1. The highest BCUT2D eigenvalue weighted by atomic mass is 32.2. The lowest BCUT2D eigenvalue weighted by Crippen LogP contribution is -2.37. The van der Waals surface area contributed by atoms with Gasteiger partial charge in [-0.25, -0.2) is 4.98 Å². The SMILES string of the molecule is CC(C)C(Oc1oc2ccccc2c1CC1SC(=O)NC1=O)C(=O)Nc1ccc2cccc(C#N)c2n1. The Morgan fingerprint density at radius 1 is 1.19 bits per heavy atom. The molecular formula is C27H22N4O5S. The molecule has 1 fully saturated rings. The molecule has 0 bridgehead atoms. The fourth-order valence-corrected chi connectivity index (χ4v) is 5.02. The number of nitrogens with one attached hydrogen (secondary N) is 2. The molecule has 2 aromatic carbocycles. The maximum atomic E-state index is 13.3. The van der Waals surface area contributed by atoms with Crippen LogP contribution in [-0.4, -0.2) is 33.4 Å². The molecule has 10 heteroatoms. The Hall–Kier alpha value is -4.36. The lowest BCUT2D eigenvalue weighted by molar-refractivity contribution is -0.125. The smallest absolute Gasteiger partial charge is 0.289 e. The van der Waals surface area contributed by atoms with Gasteiger partial charge in [-0.3, -0.25) is 19.7 Å². The first-order chi connectivity index (χ1) is 17.8. The number of para-hydroxylation sites is 2. The number of anilines is 1. The molecular weight excluding hydrogens is 492 g/mol. The molecule has 0 radical (unpaired) electrons. The van der Waals surface area contributed by atoms with Gasteiger partial charge in [0, 0.05) is 22.8 Å². The number of nitriles is 1. The number of nitrogens with zero attached hydrogens (tertiary/aromatic N) is 2. The number of pyridine rings is 1. The van der Waals surface area contributed by atoms with Crippen molar-refractivity contribution in [3.05, 3.63) is 65.7 Å². The van der Waals surface area contributed by atoms with E-state index in [0.717, 1.165) is 22.5 Å². The van der Waals surface area contributed by atoms with Crippen LogP contribution < -0.4 is 15.4 Å². The van der Waals surface area contributed by atoms with Crippen LogP contribution in [0.1, 0.15) is 25.0 Å². The van der Waals surface area contributed by atoms with Crippen LogP contribution in [0.25, 0.3) is 21.9 Å². The van der Waals surface area contributed by atoms with Crippen molar-refractivity contribution in [1.82, 2.24) is 10.3 Å². The molecule has 0 aliphatic carbocycles. The number of fused-ring (bicyclic) bond motifs is 2. The summed E-state index contributed by atoms with van der Waals surface area (Å²) in [5, 5.41) is 15.0. The van der Waals surface area contributed by atoms with E-state index in [-0.39, 0.29) is 30.0 Å². The number of carbonyl (C=O) groups excluding carboxylic acids is 3. The topological polar surface area (TPSA) is 134 Å². The maximum Gasteiger partial charge on any atom is 0.289 e. The molecule has 2 N–H and O–H groups in total. The van der Waals surface area contributed by atoms with Crippen molar-refractivity contribution in [3.63, 3.8) is 0 Å². The van der Waals surface area contributed by atoms with Gasteiger partial charge in [-0.2, -0.15) is 5.26 Å². The first kappa shape index (κ1) is 24.3. The predicted octanol–water partition coefficient (Wildman–Crippen LogP) is 4.79.